The molecular formula is C9H8Br2O4. The number of phenols is 2. The maximum Gasteiger partial charge on any atom is 0.353 e. The highest BCUT2D eigenvalue weighted by atomic mass is 79.9. The molecule has 0 aliphatic carbocycles. The quantitative estimate of drug-likeness (QED) is 0.772. The molecule has 0 aromatic heterocycles. The summed E-state index contributed by atoms with van der Waals surface area (Å²) < 4.78 is 4.70. The van der Waals surface area contributed by atoms with Crippen molar-refractivity contribution in [3.05, 3.63) is 21.2 Å². The fraction of sp³-hybridized carbons (Fsp3) is 0.222. The summed E-state index contributed by atoms with van der Waals surface area (Å²) in [6, 6.07) is 0. The van der Waals surface area contributed by atoms with Crippen LogP contribution in [0.15, 0.2) is 4.47 Å². The summed E-state index contributed by atoms with van der Waals surface area (Å²) >= 11 is 5.65. The van der Waals surface area contributed by atoms with Crippen molar-refractivity contribution in [1.29, 1.82) is 0 Å². The van der Waals surface area contributed by atoms with Crippen LogP contribution in [0.2, 0.25) is 0 Å². The van der Waals surface area contributed by atoms with Crippen LogP contribution in [0, 0.1) is 13.8 Å². The third-order valence-electron chi connectivity index (χ3n) is 2.21. The number of hydrogen-bond acceptors (Lipinski definition) is 4. The molecular weight excluding hydrogens is 332 g/mol. The van der Waals surface area contributed by atoms with Gasteiger partial charge in [0.1, 0.15) is 5.56 Å². The zero-order valence-electron chi connectivity index (χ0n) is 7.97. The second-order valence-corrected chi connectivity index (χ2v) is 4.12. The fourth-order valence-corrected chi connectivity index (χ4v) is 1.87. The number of rotatable bonds is 1. The Bertz CT molecular complexity index is 400. The molecule has 82 valence electrons. The number of benzene rings is 1. The summed E-state index contributed by atoms with van der Waals surface area (Å²) in [6.45, 7) is 3.36. The van der Waals surface area contributed by atoms with Gasteiger partial charge in [-0.05, 0) is 40.9 Å². The van der Waals surface area contributed by atoms with Gasteiger partial charge in [0.15, 0.2) is 27.8 Å². The standard InChI is InChI=1S/C9H8Br2O4/c1-3-4(2)6(10)8(13)7(12)5(3)9(14)15-11/h12-13H,1-2H3. The number of carbonyl (C=O) groups excluding carboxylic acids is 1. The Kier molecular flexibility index (Phi) is 3.62. The molecule has 0 atom stereocenters. The van der Waals surface area contributed by atoms with Crippen molar-refractivity contribution in [1.82, 2.24) is 0 Å². The van der Waals surface area contributed by atoms with Crippen LogP contribution in [0.5, 0.6) is 11.5 Å². The van der Waals surface area contributed by atoms with E-state index < -0.39 is 11.7 Å². The van der Waals surface area contributed by atoms with Gasteiger partial charge in [-0.25, -0.2) is 4.79 Å². The maximum absolute atomic E-state index is 11.3. The summed E-state index contributed by atoms with van der Waals surface area (Å²) in [6.07, 6.45) is 0. The molecule has 1 rings (SSSR count). The Balaban J connectivity index is 3.60. The van der Waals surface area contributed by atoms with Crippen LogP contribution < -0.4 is 0 Å². The van der Waals surface area contributed by atoms with E-state index in [1.165, 1.54) is 0 Å². The molecule has 0 amide bonds. The Morgan fingerprint density at radius 3 is 2.20 bits per heavy atom. The van der Waals surface area contributed by atoms with Gasteiger partial charge < -0.3 is 14.0 Å². The molecule has 0 unspecified atom stereocenters. The summed E-state index contributed by atoms with van der Waals surface area (Å²) in [5.41, 5.74) is 1.16. The molecule has 6 heteroatoms. The van der Waals surface area contributed by atoms with Crippen LogP contribution >= 0.6 is 32.2 Å². The zero-order chi connectivity index (χ0) is 11.7. The first-order valence-corrected chi connectivity index (χ1v) is 5.39. The van der Waals surface area contributed by atoms with E-state index in [0.717, 1.165) is 0 Å². The molecule has 1 aromatic carbocycles. The third kappa shape index (κ3) is 1.96. The SMILES string of the molecule is Cc1c(C)c(C(=O)OBr)c(O)c(O)c1Br. The Hall–Kier alpha value is -0.750. The van der Waals surface area contributed by atoms with E-state index >= 15 is 0 Å². The normalized spacial score (nSPS) is 10.1. The van der Waals surface area contributed by atoms with Crippen LogP contribution in [0.4, 0.5) is 0 Å². The van der Waals surface area contributed by atoms with Crippen molar-refractivity contribution >= 4 is 38.2 Å². The van der Waals surface area contributed by atoms with E-state index in [2.05, 4.69) is 36.0 Å². The maximum atomic E-state index is 11.3. The minimum atomic E-state index is -0.754. The Morgan fingerprint density at radius 2 is 1.73 bits per heavy atom. The van der Waals surface area contributed by atoms with Crippen molar-refractivity contribution in [3.63, 3.8) is 0 Å². The molecule has 0 bridgehead atoms. The van der Waals surface area contributed by atoms with Gasteiger partial charge in [-0.2, -0.15) is 0 Å². The first kappa shape index (κ1) is 12.3. The van der Waals surface area contributed by atoms with Gasteiger partial charge >= 0.3 is 5.97 Å². The molecule has 0 saturated carbocycles. The van der Waals surface area contributed by atoms with Gasteiger partial charge in [-0.15, -0.1) is 0 Å². The van der Waals surface area contributed by atoms with E-state index in [1.807, 2.05) is 0 Å². The van der Waals surface area contributed by atoms with Gasteiger partial charge in [0, 0.05) is 0 Å². The zero-order valence-corrected chi connectivity index (χ0v) is 11.1. The van der Waals surface area contributed by atoms with Crippen molar-refractivity contribution in [2.75, 3.05) is 0 Å². The van der Waals surface area contributed by atoms with Crippen LogP contribution in [0.25, 0.3) is 0 Å². The van der Waals surface area contributed by atoms with Crippen LogP contribution in [0.3, 0.4) is 0 Å². The van der Waals surface area contributed by atoms with Crippen molar-refractivity contribution < 1.29 is 18.8 Å². The van der Waals surface area contributed by atoms with E-state index in [9.17, 15) is 15.0 Å². The molecule has 0 spiro atoms. The predicted molar refractivity (Wildman–Crippen MR) is 61.3 cm³/mol. The first-order valence-electron chi connectivity index (χ1n) is 3.95. The van der Waals surface area contributed by atoms with Gasteiger partial charge in [-0.1, -0.05) is 0 Å². The van der Waals surface area contributed by atoms with E-state index in [1.54, 1.807) is 13.8 Å². The Morgan fingerprint density at radius 1 is 1.20 bits per heavy atom. The Labute approximate surface area is 103 Å². The predicted octanol–water partition coefficient (Wildman–Crippen LogP) is 2.94. The highest BCUT2D eigenvalue weighted by Crippen LogP contribution is 2.41. The van der Waals surface area contributed by atoms with Gasteiger partial charge in [0.25, 0.3) is 0 Å². The molecule has 0 aliphatic heterocycles. The molecule has 2 N–H and O–H groups in total. The van der Waals surface area contributed by atoms with Crippen molar-refractivity contribution in [3.8, 4) is 11.5 Å². The second-order valence-electron chi connectivity index (χ2n) is 3.00. The molecule has 0 radical (unpaired) electrons. The van der Waals surface area contributed by atoms with Gasteiger partial charge in [-0.3, -0.25) is 0 Å². The number of aromatic hydroxyl groups is 2. The highest BCUT2D eigenvalue weighted by Gasteiger charge is 2.23. The van der Waals surface area contributed by atoms with Crippen molar-refractivity contribution in [2.24, 2.45) is 0 Å². The largest absolute Gasteiger partial charge is 0.504 e. The summed E-state index contributed by atoms with van der Waals surface area (Å²) in [5.74, 6) is -1.61. The third-order valence-corrected chi connectivity index (χ3v) is 3.47. The minimum absolute atomic E-state index is 0.0509. The van der Waals surface area contributed by atoms with E-state index in [0.29, 0.717) is 15.6 Å². The van der Waals surface area contributed by atoms with Crippen LogP contribution in [0.1, 0.15) is 21.5 Å². The summed E-state index contributed by atoms with van der Waals surface area (Å²) in [5, 5.41) is 19.1. The highest BCUT2D eigenvalue weighted by molar-refractivity contribution is 9.10. The lowest BCUT2D eigenvalue weighted by Gasteiger charge is -2.12. The van der Waals surface area contributed by atoms with Crippen LogP contribution in [-0.4, -0.2) is 16.2 Å². The number of halogens is 2. The topological polar surface area (TPSA) is 66.8 Å². The fourth-order valence-electron chi connectivity index (χ4n) is 1.22. The minimum Gasteiger partial charge on any atom is -0.504 e. The lowest BCUT2D eigenvalue weighted by Crippen LogP contribution is -2.04. The van der Waals surface area contributed by atoms with Crippen molar-refractivity contribution in [2.45, 2.75) is 13.8 Å². The van der Waals surface area contributed by atoms with Crippen LogP contribution in [-0.2, 0) is 3.83 Å². The molecule has 1 aromatic rings. The molecule has 0 aliphatic rings. The molecule has 0 saturated heterocycles. The smallest absolute Gasteiger partial charge is 0.353 e. The average Bonchev–Trinajstić information content (AvgIpc) is 2.23. The molecule has 15 heavy (non-hydrogen) atoms. The molecule has 0 fully saturated rings. The number of phenolic OH excluding ortho intramolecular Hbond substituents is 2. The second kappa shape index (κ2) is 4.40. The number of carbonyl (C=O) groups is 1. The van der Waals surface area contributed by atoms with Gasteiger partial charge in [0.05, 0.1) is 4.47 Å². The first-order chi connectivity index (χ1) is 6.91. The average molecular weight is 340 g/mol. The van der Waals surface area contributed by atoms with E-state index in [-0.39, 0.29) is 11.3 Å². The lowest BCUT2D eigenvalue weighted by atomic mass is 10.0. The molecule has 0 heterocycles. The monoisotopic (exact) mass is 338 g/mol. The van der Waals surface area contributed by atoms with Gasteiger partial charge in [0.2, 0.25) is 0 Å². The lowest BCUT2D eigenvalue weighted by molar-refractivity contribution is 0.0777. The molecule has 4 nitrogen and oxygen atoms in total. The summed E-state index contributed by atoms with van der Waals surface area (Å²) in [7, 11) is 0. The number of hydrogen-bond donors (Lipinski definition) is 2. The summed E-state index contributed by atoms with van der Waals surface area (Å²) in [4.78, 5) is 11.3. The van der Waals surface area contributed by atoms with E-state index in [4.69, 9.17) is 0 Å².